The van der Waals surface area contributed by atoms with Crippen molar-refractivity contribution in [3.63, 3.8) is 0 Å². The van der Waals surface area contributed by atoms with Gasteiger partial charge in [-0.15, -0.1) is 0 Å². The third-order valence-electron chi connectivity index (χ3n) is 3.20. The number of amides is 2. The number of halogens is 1. The van der Waals surface area contributed by atoms with Crippen LogP contribution in [0, 0.1) is 0 Å². The van der Waals surface area contributed by atoms with Gasteiger partial charge < -0.3 is 10.2 Å². The summed E-state index contributed by atoms with van der Waals surface area (Å²) >= 11 is 6.15. The van der Waals surface area contributed by atoms with E-state index in [0.717, 1.165) is 5.56 Å². The molecular weight excluding hydrogens is 288 g/mol. The molecule has 1 unspecified atom stereocenters. The fraction of sp³-hybridized carbons (Fsp3) is 0.500. The molecule has 21 heavy (non-hydrogen) atoms. The highest BCUT2D eigenvalue weighted by Gasteiger charge is 2.25. The Kier molecular flexibility index (Phi) is 6.69. The summed E-state index contributed by atoms with van der Waals surface area (Å²) in [6.07, 6.45) is 0.351. The standard InChI is InChI=1S/C16H23ClN2O2/c1-5-15(20)19(12(4)16(21)18-11(2)3)10-13-8-6-7-9-14(13)17/h6-9,11-12H,5,10H2,1-4H3,(H,18,21). The minimum atomic E-state index is -0.531. The predicted molar refractivity (Wildman–Crippen MR) is 85.0 cm³/mol. The number of hydrogen-bond donors (Lipinski definition) is 1. The normalized spacial score (nSPS) is 12.1. The van der Waals surface area contributed by atoms with Gasteiger partial charge in [-0.05, 0) is 32.4 Å². The first-order valence-corrected chi connectivity index (χ1v) is 7.57. The molecule has 0 aliphatic carbocycles. The molecule has 0 spiro atoms. The van der Waals surface area contributed by atoms with Gasteiger partial charge in [0.25, 0.3) is 0 Å². The molecule has 4 nitrogen and oxygen atoms in total. The monoisotopic (exact) mass is 310 g/mol. The van der Waals surface area contributed by atoms with Gasteiger partial charge in [0.05, 0.1) is 0 Å². The molecule has 0 aliphatic heterocycles. The van der Waals surface area contributed by atoms with E-state index >= 15 is 0 Å². The largest absolute Gasteiger partial charge is 0.352 e. The Morgan fingerprint density at radius 1 is 1.24 bits per heavy atom. The molecule has 0 aliphatic rings. The van der Waals surface area contributed by atoms with Crippen LogP contribution in [-0.2, 0) is 16.1 Å². The van der Waals surface area contributed by atoms with Gasteiger partial charge >= 0.3 is 0 Å². The molecule has 5 heteroatoms. The highest BCUT2D eigenvalue weighted by atomic mass is 35.5. The van der Waals surface area contributed by atoms with Gasteiger partial charge in [-0.25, -0.2) is 0 Å². The summed E-state index contributed by atoms with van der Waals surface area (Å²) in [6, 6.07) is 6.87. The van der Waals surface area contributed by atoms with Gasteiger partial charge in [0.15, 0.2) is 0 Å². The van der Waals surface area contributed by atoms with Gasteiger partial charge in [0.1, 0.15) is 6.04 Å². The third-order valence-corrected chi connectivity index (χ3v) is 3.57. The van der Waals surface area contributed by atoms with E-state index in [1.807, 2.05) is 32.0 Å². The van der Waals surface area contributed by atoms with Crippen LogP contribution in [0.25, 0.3) is 0 Å². The van der Waals surface area contributed by atoms with Gasteiger partial charge in [0, 0.05) is 24.0 Å². The molecule has 1 aromatic rings. The third kappa shape index (κ3) is 5.05. The highest BCUT2D eigenvalue weighted by Crippen LogP contribution is 2.19. The Bertz CT molecular complexity index is 503. The molecule has 0 radical (unpaired) electrons. The molecule has 0 heterocycles. The van der Waals surface area contributed by atoms with Gasteiger partial charge in [-0.3, -0.25) is 9.59 Å². The van der Waals surface area contributed by atoms with Crippen molar-refractivity contribution in [2.24, 2.45) is 0 Å². The Balaban J connectivity index is 2.93. The Labute approximate surface area is 131 Å². The van der Waals surface area contributed by atoms with Crippen LogP contribution >= 0.6 is 11.6 Å². The quantitative estimate of drug-likeness (QED) is 0.878. The molecule has 0 saturated carbocycles. The van der Waals surface area contributed by atoms with Gasteiger partial charge in [-0.2, -0.15) is 0 Å². The lowest BCUT2D eigenvalue weighted by atomic mass is 10.1. The van der Waals surface area contributed by atoms with Gasteiger partial charge in [0.2, 0.25) is 11.8 Å². The average Bonchev–Trinajstić information content (AvgIpc) is 2.44. The molecule has 1 rings (SSSR count). The summed E-state index contributed by atoms with van der Waals surface area (Å²) < 4.78 is 0. The molecule has 0 bridgehead atoms. The van der Waals surface area contributed by atoms with Crippen molar-refractivity contribution in [2.45, 2.75) is 52.7 Å². The fourth-order valence-electron chi connectivity index (χ4n) is 2.00. The van der Waals surface area contributed by atoms with Crippen molar-refractivity contribution < 1.29 is 9.59 Å². The Hall–Kier alpha value is -1.55. The number of hydrogen-bond acceptors (Lipinski definition) is 2. The number of rotatable bonds is 6. The summed E-state index contributed by atoms with van der Waals surface area (Å²) in [7, 11) is 0. The molecule has 0 saturated heterocycles. The van der Waals surface area contributed by atoms with Crippen molar-refractivity contribution in [2.75, 3.05) is 0 Å². The first kappa shape index (κ1) is 17.5. The molecule has 1 N–H and O–H groups in total. The van der Waals surface area contributed by atoms with E-state index in [4.69, 9.17) is 11.6 Å². The lowest BCUT2D eigenvalue weighted by Gasteiger charge is -2.29. The zero-order valence-corrected chi connectivity index (χ0v) is 13.8. The second kappa shape index (κ2) is 8.03. The van der Waals surface area contributed by atoms with Crippen molar-refractivity contribution >= 4 is 23.4 Å². The fourth-order valence-corrected chi connectivity index (χ4v) is 2.20. The molecule has 1 atom stereocenters. The second-order valence-corrected chi connectivity index (χ2v) is 5.71. The number of nitrogens with one attached hydrogen (secondary N) is 1. The molecule has 0 aromatic heterocycles. The van der Waals surface area contributed by atoms with E-state index < -0.39 is 6.04 Å². The molecular formula is C16H23ClN2O2. The topological polar surface area (TPSA) is 49.4 Å². The average molecular weight is 311 g/mol. The van der Waals surface area contributed by atoms with Crippen LogP contribution in [0.3, 0.4) is 0 Å². The summed E-state index contributed by atoms with van der Waals surface area (Å²) in [5.74, 6) is -0.222. The molecule has 0 fully saturated rings. The zero-order chi connectivity index (χ0) is 16.0. The summed E-state index contributed by atoms with van der Waals surface area (Å²) in [5.41, 5.74) is 0.838. The lowest BCUT2D eigenvalue weighted by Crippen LogP contribution is -2.49. The van der Waals surface area contributed by atoms with Crippen molar-refractivity contribution in [1.82, 2.24) is 10.2 Å². The number of carbonyl (C=O) groups is 2. The lowest BCUT2D eigenvalue weighted by molar-refractivity contribution is -0.140. The van der Waals surface area contributed by atoms with Crippen LogP contribution in [0.2, 0.25) is 5.02 Å². The van der Waals surface area contributed by atoms with Crippen molar-refractivity contribution in [3.05, 3.63) is 34.9 Å². The maximum absolute atomic E-state index is 12.2. The number of carbonyl (C=O) groups excluding carboxylic acids is 2. The molecule has 1 aromatic carbocycles. The smallest absolute Gasteiger partial charge is 0.242 e. The highest BCUT2D eigenvalue weighted by molar-refractivity contribution is 6.31. The molecule has 116 valence electrons. The van der Waals surface area contributed by atoms with E-state index in [1.165, 1.54) is 0 Å². The maximum Gasteiger partial charge on any atom is 0.242 e. The first-order chi connectivity index (χ1) is 9.86. The van der Waals surface area contributed by atoms with Crippen LogP contribution in [0.5, 0.6) is 0 Å². The van der Waals surface area contributed by atoms with E-state index in [0.29, 0.717) is 18.0 Å². The first-order valence-electron chi connectivity index (χ1n) is 7.20. The van der Waals surface area contributed by atoms with Crippen LogP contribution in [0.4, 0.5) is 0 Å². The van der Waals surface area contributed by atoms with E-state index in [2.05, 4.69) is 5.32 Å². The van der Waals surface area contributed by atoms with E-state index in [1.54, 1.807) is 24.8 Å². The van der Waals surface area contributed by atoms with Crippen LogP contribution in [0.1, 0.15) is 39.7 Å². The Morgan fingerprint density at radius 3 is 2.38 bits per heavy atom. The molecule has 2 amide bonds. The summed E-state index contributed by atoms with van der Waals surface area (Å²) in [4.78, 5) is 25.9. The van der Waals surface area contributed by atoms with E-state index in [-0.39, 0.29) is 17.9 Å². The minimum absolute atomic E-state index is 0.0406. The van der Waals surface area contributed by atoms with E-state index in [9.17, 15) is 9.59 Å². The van der Waals surface area contributed by atoms with Crippen molar-refractivity contribution in [1.29, 1.82) is 0 Å². The van der Waals surface area contributed by atoms with Crippen LogP contribution in [-0.4, -0.2) is 28.8 Å². The SMILES string of the molecule is CCC(=O)N(Cc1ccccc1Cl)C(C)C(=O)NC(C)C. The summed E-state index contributed by atoms with van der Waals surface area (Å²) in [6.45, 7) is 7.64. The van der Waals surface area contributed by atoms with Crippen LogP contribution in [0.15, 0.2) is 24.3 Å². The number of nitrogens with zero attached hydrogens (tertiary/aromatic N) is 1. The van der Waals surface area contributed by atoms with Crippen molar-refractivity contribution in [3.8, 4) is 0 Å². The predicted octanol–water partition coefficient (Wildman–Crippen LogP) is 2.99. The second-order valence-electron chi connectivity index (χ2n) is 5.31. The van der Waals surface area contributed by atoms with Crippen LogP contribution < -0.4 is 5.32 Å². The summed E-state index contributed by atoms with van der Waals surface area (Å²) in [5, 5.41) is 3.44. The Morgan fingerprint density at radius 2 is 1.86 bits per heavy atom. The number of benzene rings is 1. The minimum Gasteiger partial charge on any atom is -0.352 e. The van der Waals surface area contributed by atoms with Gasteiger partial charge in [-0.1, -0.05) is 36.7 Å². The maximum atomic E-state index is 12.2. The zero-order valence-electron chi connectivity index (χ0n) is 13.0.